The van der Waals surface area contributed by atoms with E-state index in [1.54, 1.807) is 18.2 Å². The Bertz CT molecular complexity index is 558. The average molecular weight is 289 g/mol. The molecule has 0 spiro atoms. The highest BCUT2D eigenvalue weighted by atomic mass is 19.4. The van der Waals surface area contributed by atoms with Gasteiger partial charge in [-0.2, -0.15) is 13.2 Å². The molecule has 0 radical (unpaired) electrons. The first-order valence-corrected chi connectivity index (χ1v) is 5.58. The zero-order valence-corrected chi connectivity index (χ0v) is 10.0. The van der Waals surface area contributed by atoms with Crippen LogP contribution in [0.4, 0.5) is 13.2 Å². The molecule has 0 fully saturated rings. The van der Waals surface area contributed by atoms with E-state index in [4.69, 9.17) is 9.84 Å². The Hall–Kier alpha value is -2.25. The van der Waals surface area contributed by atoms with Crippen molar-refractivity contribution in [2.24, 2.45) is 0 Å². The van der Waals surface area contributed by atoms with Crippen LogP contribution in [0.15, 0.2) is 24.3 Å². The highest BCUT2D eigenvalue weighted by Crippen LogP contribution is 2.30. The van der Waals surface area contributed by atoms with Gasteiger partial charge in [0.05, 0.1) is 0 Å². The highest BCUT2D eigenvalue weighted by Gasteiger charge is 2.50. The number of carboxylic acids is 1. The van der Waals surface area contributed by atoms with E-state index in [0.717, 1.165) is 0 Å². The second-order valence-electron chi connectivity index (χ2n) is 4.41. The van der Waals surface area contributed by atoms with Crippen molar-refractivity contribution in [3.63, 3.8) is 0 Å². The molecule has 5 nitrogen and oxygen atoms in total. The van der Waals surface area contributed by atoms with Gasteiger partial charge in [-0.05, 0) is 11.6 Å². The largest absolute Gasteiger partial charge is 0.490 e. The van der Waals surface area contributed by atoms with Gasteiger partial charge in [0, 0.05) is 6.42 Å². The van der Waals surface area contributed by atoms with E-state index in [9.17, 15) is 22.8 Å². The molecule has 0 saturated carbocycles. The zero-order chi connectivity index (χ0) is 15.0. The molecule has 2 N–H and O–H groups in total. The molecule has 1 atom stereocenters. The van der Waals surface area contributed by atoms with E-state index < -0.39 is 30.2 Å². The Kier molecular flexibility index (Phi) is 3.33. The van der Waals surface area contributed by atoms with Crippen molar-refractivity contribution in [2.75, 3.05) is 6.61 Å². The van der Waals surface area contributed by atoms with Crippen molar-refractivity contribution in [1.82, 2.24) is 5.32 Å². The third-order valence-corrected chi connectivity index (χ3v) is 2.96. The number of fused-ring (bicyclic) bond motifs is 1. The number of benzene rings is 1. The van der Waals surface area contributed by atoms with Crippen LogP contribution in [-0.4, -0.2) is 35.3 Å². The van der Waals surface area contributed by atoms with E-state index in [1.165, 1.54) is 11.4 Å². The van der Waals surface area contributed by atoms with Gasteiger partial charge in [0.1, 0.15) is 12.4 Å². The molecule has 1 aromatic rings. The summed E-state index contributed by atoms with van der Waals surface area (Å²) in [5, 5.41) is 10.7. The van der Waals surface area contributed by atoms with E-state index in [0.29, 0.717) is 11.3 Å². The molecule has 2 rings (SSSR count). The van der Waals surface area contributed by atoms with Crippen LogP contribution in [0.25, 0.3) is 0 Å². The molecule has 0 bridgehead atoms. The summed E-state index contributed by atoms with van der Waals surface area (Å²) in [6.45, 7) is -0.568. The number of hydrogen-bond donors (Lipinski definition) is 2. The van der Waals surface area contributed by atoms with Crippen LogP contribution in [0, 0.1) is 0 Å². The Morgan fingerprint density at radius 3 is 2.55 bits per heavy atom. The molecule has 1 aromatic carbocycles. The second kappa shape index (κ2) is 4.69. The van der Waals surface area contributed by atoms with Crippen LogP contribution in [0.1, 0.15) is 5.56 Å². The maximum Gasteiger partial charge on any atom is 0.471 e. The van der Waals surface area contributed by atoms with Crippen LogP contribution in [-0.2, 0) is 16.0 Å². The molecule has 0 aromatic heterocycles. The number of ether oxygens (including phenoxy) is 1. The standard InChI is InChI=1S/C12H10F3NO4/c13-12(14,15)9(17)16-11(10(18)19)5-7-3-1-2-4-8(7)20-6-11/h1-4H,5-6H2,(H,16,17)(H,18,19). The van der Waals surface area contributed by atoms with Crippen molar-refractivity contribution < 1.29 is 32.6 Å². The van der Waals surface area contributed by atoms with Crippen molar-refractivity contribution in [3.8, 4) is 5.75 Å². The number of carboxylic acid groups (broad SMARTS) is 1. The Labute approximate surface area is 111 Å². The topological polar surface area (TPSA) is 75.6 Å². The summed E-state index contributed by atoms with van der Waals surface area (Å²) in [6.07, 6.45) is -5.43. The number of halogens is 3. The molecule has 8 heteroatoms. The summed E-state index contributed by atoms with van der Waals surface area (Å²) >= 11 is 0. The number of carbonyl (C=O) groups excluding carboxylic acids is 1. The summed E-state index contributed by atoms with van der Waals surface area (Å²) < 4.78 is 42.0. The Morgan fingerprint density at radius 2 is 1.95 bits per heavy atom. The van der Waals surface area contributed by atoms with Gasteiger partial charge in [0.2, 0.25) is 0 Å². The van der Waals surface area contributed by atoms with Crippen LogP contribution < -0.4 is 10.1 Å². The summed E-state index contributed by atoms with van der Waals surface area (Å²) in [4.78, 5) is 22.3. The van der Waals surface area contributed by atoms with Crippen LogP contribution in [0.2, 0.25) is 0 Å². The Morgan fingerprint density at radius 1 is 1.30 bits per heavy atom. The molecule has 1 amide bonds. The monoisotopic (exact) mass is 289 g/mol. The number of carbonyl (C=O) groups is 2. The molecular weight excluding hydrogens is 279 g/mol. The average Bonchev–Trinajstić information content (AvgIpc) is 2.37. The van der Waals surface area contributed by atoms with E-state index in [1.807, 2.05) is 0 Å². The lowest BCUT2D eigenvalue weighted by molar-refractivity contribution is -0.178. The van der Waals surface area contributed by atoms with Gasteiger partial charge < -0.3 is 15.2 Å². The van der Waals surface area contributed by atoms with Gasteiger partial charge in [-0.15, -0.1) is 0 Å². The van der Waals surface area contributed by atoms with Crippen LogP contribution in [0.5, 0.6) is 5.75 Å². The fourth-order valence-corrected chi connectivity index (χ4v) is 1.93. The predicted molar refractivity (Wildman–Crippen MR) is 60.2 cm³/mol. The number of hydrogen-bond acceptors (Lipinski definition) is 3. The smallest absolute Gasteiger partial charge is 0.471 e. The van der Waals surface area contributed by atoms with Crippen molar-refractivity contribution in [1.29, 1.82) is 0 Å². The summed E-state index contributed by atoms with van der Waals surface area (Å²) in [5.74, 6) is -3.49. The minimum absolute atomic E-state index is 0.277. The molecule has 1 unspecified atom stereocenters. The minimum Gasteiger partial charge on any atom is -0.490 e. The van der Waals surface area contributed by atoms with Crippen LogP contribution in [0.3, 0.4) is 0 Å². The number of rotatable bonds is 2. The van der Waals surface area contributed by atoms with Crippen LogP contribution >= 0.6 is 0 Å². The quantitative estimate of drug-likeness (QED) is 0.855. The maximum atomic E-state index is 12.3. The third kappa shape index (κ3) is 2.54. The van der Waals surface area contributed by atoms with Gasteiger partial charge in [0.25, 0.3) is 0 Å². The Balaban J connectivity index is 2.30. The maximum absolute atomic E-state index is 12.3. The van der Waals surface area contributed by atoms with E-state index >= 15 is 0 Å². The second-order valence-corrected chi connectivity index (χ2v) is 4.41. The first kappa shape index (κ1) is 14.2. The first-order chi connectivity index (χ1) is 9.24. The molecule has 1 aliphatic rings. The number of nitrogens with one attached hydrogen (secondary N) is 1. The lowest BCUT2D eigenvalue weighted by Crippen LogP contribution is -2.63. The predicted octanol–water partition coefficient (Wildman–Crippen LogP) is 1.12. The van der Waals surface area contributed by atoms with Crippen molar-refractivity contribution >= 4 is 11.9 Å². The summed E-state index contributed by atoms with van der Waals surface area (Å²) in [6, 6.07) is 6.37. The number of amides is 1. The fraction of sp³-hybridized carbons (Fsp3) is 0.333. The number of para-hydroxylation sites is 1. The molecule has 108 valence electrons. The van der Waals surface area contributed by atoms with Crippen molar-refractivity contribution in [2.45, 2.75) is 18.1 Å². The zero-order valence-electron chi connectivity index (χ0n) is 10.0. The van der Waals surface area contributed by atoms with Crippen molar-refractivity contribution in [3.05, 3.63) is 29.8 Å². The van der Waals surface area contributed by atoms with Gasteiger partial charge >= 0.3 is 18.1 Å². The highest BCUT2D eigenvalue weighted by molar-refractivity contribution is 5.90. The van der Waals surface area contributed by atoms with E-state index in [2.05, 4.69) is 0 Å². The first-order valence-electron chi connectivity index (χ1n) is 5.58. The molecule has 0 saturated heterocycles. The van der Waals surface area contributed by atoms with E-state index in [-0.39, 0.29) is 6.42 Å². The summed E-state index contributed by atoms with van der Waals surface area (Å²) in [5.41, 5.74) is -1.70. The van der Waals surface area contributed by atoms with Gasteiger partial charge in [-0.3, -0.25) is 4.79 Å². The normalized spacial score (nSPS) is 21.6. The van der Waals surface area contributed by atoms with Gasteiger partial charge in [0.15, 0.2) is 5.54 Å². The summed E-state index contributed by atoms with van der Waals surface area (Å²) in [7, 11) is 0. The lowest BCUT2D eigenvalue weighted by Gasteiger charge is -2.35. The molecular formula is C12H10F3NO4. The molecule has 1 aliphatic heterocycles. The van der Waals surface area contributed by atoms with Gasteiger partial charge in [-0.25, -0.2) is 4.79 Å². The number of alkyl halides is 3. The lowest BCUT2D eigenvalue weighted by atomic mass is 9.88. The fourth-order valence-electron chi connectivity index (χ4n) is 1.93. The van der Waals surface area contributed by atoms with Gasteiger partial charge in [-0.1, -0.05) is 18.2 Å². The molecule has 1 heterocycles. The third-order valence-electron chi connectivity index (χ3n) is 2.96. The molecule has 0 aliphatic carbocycles. The SMILES string of the molecule is O=C(NC1(C(=O)O)COc2ccccc2C1)C(F)(F)F. The minimum atomic E-state index is -5.15. The number of aliphatic carboxylic acids is 1. The molecule has 20 heavy (non-hydrogen) atoms.